The Kier molecular flexibility index (Phi) is 4.79. The molecular formula is C22H22N2O2S. The average molecular weight is 378 g/mol. The molecule has 0 unspecified atom stereocenters. The fourth-order valence-corrected chi connectivity index (χ4v) is 4.59. The van der Waals surface area contributed by atoms with Crippen LogP contribution in [-0.4, -0.2) is 22.7 Å². The minimum Gasteiger partial charge on any atom is -0.494 e. The van der Waals surface area contributed by atoms with E-state index in [9.17, 15) is 4.79 Å². The van der Waals surface area contributed by atoms with Gasteiger partial charge in [0.2, 0.25) is 5.91 Å². The van der Waals surface area contributed by atoms with E-state index in [1.54, 1.807) is 11.8 Å². The van der Waals surface area contributed by atoms with Crippen LogP contribution in [-0.2, 0) is 4.79 Å². The van der Waals surface area contributed by atoms with Crippen molar-refractivity contribution < 1.29 is 9.53 Å². The van der Waals surface area contributed by atoms with E-state index in [1.807, 2.05) is 55.1 Å². The van der Waals surface area contributed by atoms with Crippen molar-refractivity contribution in [3.05, 3.63) is 65.9 Å². The van der Waals surface area contributed by atoms with E-state index in [2.05, 4.69) is 25.1 Å². The Morgan fingerprint density at radius 2 is 1.89 bits per heavy atom. The lowest BCUT2D eigenvalue weighted by atomic mass is 10.1. The van der Waals surface area contributed by atoms with E-state index >= 15 is 0 Å². The SMILES string of the molecule is CCOc1ccc(N2C(=O)[C@@H](C)S[C@@H]2c2ccc3cc(C)ccc3n2)cc1. The van der Waals surface area contributed by atoms with Crippen molar-refractivity contribution in [3.8, 4) is 5.75 Å². The van der Waals surface area contributed by atoms with Crippen LogP contribution >= 0.6 is 11.8 Å². The molecule has 0 N–H and O–H groups in total. The van der Waals surface area contributed by atoms with Gasteiger partial charge in [-0.05, 0) is 63.2 Å². The van der Waals surface area contributed by atoms with Crippen molar-refractivity contribution >= 4 is 34.3 Å². The lowest BCUT2D eigenvalue weighted by molar-refractivity contribution is -0.117. The molecule has 0 bridgehead atoms. The van der Waals surface area contributed by atoms with E-state index in [0.29, 0.717) is 6.61 Å². The minimum atomic E-state index is -0.129. The van der Waals surface area contributed by atoms with Crippen LogP contribution in [0.1, 0.15) is 30.5 Å². The van der Waals surface area contributed by atoms with Crippen LogP contribution in [0.3, 0.4) is 0 Å². The zero-order chi connectivity index (χ0) is 19.0. The number of aromatic nitrogens is 1. The lowest BCUT2D eigenvalue weighted by Crippen LogP contribution is -2.30. The maximum Gasteiger partial charge on any atom is 0.241 e. The normalized spacial score (nSPS) is 19.7. The summed E-state index contributed by atoms with van der Waals surface area (Å²) in [6.45, 7) is 6.62. The van der Waals surface area contributed by atoms with Gasteiger partial charge in [0.25, 0.3) is 0 Å². The Morgan fingerprint density at radius 3 is 2.63 bits per heavy atom. The highest BCUT2D eigenvalue weighted by Crippen LogP contribution is 2.45. The summed E-state index contributed by atoms with van der Waals surface area (Å²) >= 11 is 1.64. The number of ether oxygens (including phenoxy) is 1. The van der Waals surface area contributed by atoms with Gasteiger partial charge in [0.05, 0.1) is 23.1 Å². The van der Waals surface area contributed by atoms with Gasteiger partial charge in [0.1, 0.15) is 11.1 Å². The molecule has 138 valence electrons. The van der Waals surface area contributed by atoms with E-state index in [-0.39, 0.29) is 16.5 Å². The Labute approximate surface area is 163 Å². The molecule has 1 amide bonds. The molecule has 1 fully saturated rings. The van der Waals surface area contributed by atoms with Gasteiger partial charge < -0.3 is 4.74 Å². The van der Waals surface area contributed by atoms with Gasteiger partial charge in [-0.15, -0.1) is 11.8 Å². The van der Waals surface area contributed by atoms with Crippen molar-refractivity contribution in [3.63, 3.8) is 0 Å². The number of pyridine rings is 1. The Balaban J connectivity index is 1.71. The van der Waals surface area contributed by atoms with Crippen LogP contribution in [0.15, 0.2) is 54.6 Å². The van der Waals surface area contributed by atoms with Crippen molar-refractivity contribution in [2.24, 2.45) is 0 Å². The third-order valence-electron chi connectivity index (χ3n) is 4.70. The first-order valence-electron chi connectivity index (χ1n) is 9.15. The number of nitrogens with zero attached hydrogens (tertiary/aromatic N) is 2. The summed E-state index contributed by atoms with van der Waals surface area (Å²) in [6.07, 6.45) is 0. The number of benzene rings is 2. The first kappa shape index (κ1) is 17.9. The van der Waals surface area contributed by atoms with Gasteiger partial charge in [-0.1, -0.05) is 17.7 Å². The van der Waals surface area contributed by atoms with Crippen LogP contribution in [0.25, 0.3) is 10.9 Å². The molecule has 4 rings (SSSR count). The minimum absolute atomic E-state index is 0.0999. The number of amides is 1. The van der Waals surface area contributed by atoms with E-state index < -0.39 is 0 Å². The molecule has 4 nitrogen and oxygen atoms in total. The lowest BCUT2D eigenvalue weighted by Gasteiger charge is -2.24. The molecular weight excluding hydrogens is 356 g/mol. The zero-order valence-electron chi connectivity index (χ0n) is 15.7. The quantitative estimate of drug-likeness (QED) is 0.633. The summed E-state index contributed by atoms with van der Waals surface area (Å²) in [5.41, 5.74) is 3.95. The first-order valence-corrected chi connectivity index (χ1v) is 10.1. The Hall–Kier alpha value is -2.53. The van der Waals surface area contributed by atoms with Gasteiger partial charge in [0.15, 0.2) is 0 Å². The summed E-state index contributed by atoms with van der Waals surface area (Å²) in [6, 6.07) is 18.1. The van der Waals surface area contributed by atoms with Crippen LogP contribution in [0.4, 0.5) is 5.69 Å². The molecule has 0 radical (unpaired) electrons. The summed E-state index contributed by atoms with van der Waals surface area (Å²) in [7, 11) is 0. The van der Waals surface area contributed by atoms with E-state index in [0.717, 1.165) is 28.0 Å². The van der Waals surface area contributed by atoms with Crippen molar-refractivity contribution in [1.82, 2.24) is 4.98 Å². The predicted octanol–water partition coefficient (Wildman–Crippen LogP) is 5.11. The summed E-state index contributed by atoms with van der Waals surface area (Å²) in [5.74, 6) is 0.921. The summed E-state index contributed by atoms with van der Waals surface area (Å²) in [5, 5.41) is 0.891. The first-order chi connectivity index (χ1) is 13.1. The number of carbonyl (C=O) groups excluding carboxylic acids is 1. The summed E-state index contributed by atoms with van der Waals surface area (Å²) in [4.78, 5) is 19.6. The molecule has 3 aromatic rings. The van der Waals surface area contributed by atoms with Crippen LogP contribution in [0, 0.1) is 6.92 Å². The second-order valence-electron chi connectivity index (χ2n) is 6.70. The van der Waals surface area contributed by atoms with Crippen LogP contribution in [0.2, 0.25) is 0 Å². The monoisotopic (exact) mass is 378 g/mol. The van der Waals surface area contributed by atoms with Crippen molar-refractivity contribution in [2.75, 3.05) is 11.5 Å². The maximum absolute atomic E-state index is 12.9. The standard InChI is InChI=1S/C22H22N2O2S/c1-4-26-18-9-7-17(8-10-18)24-21(25)15(3)27-22(24)20-12-6-16-13-14(2)5-11-19(16)23-20/h5-13,15,22H,4H2,1-3H3/t15-,22-/m1/s1. The fraction of sp³-hybridized carbons (Fsp3) is 0.273. The molecule has 27 heavy (non-hydrogen) atoms. The third-order valence-corrected chi connectivity index (χ3v) is 6.02. The van der Waals surface area contributed by atoms with Crippen molar-refractivity contribution in [2.45, 2.75) is 31.4 Å². The number of hydrogen-bond acceptors (Lipinski definition) is 4. The van der Waals surface area contributed by atoms with Crippen LogP contribution < -0.4 is 9.64 Å². The van der Waals surface area contributed by atoms with Crippen molar-refractivity contribution in [1.29, 1.82) is 0 Å². The number of carbonyl (C=O) groups is 1. The number of aryl methyl sites for hydroxylation is 1. The highest BCUT2D eigenvalue weighted by Gasteiger charge is 2.40. The van der Waals surface area contributed by atoms with E-state index in [4.69, 9.17) is 9.72 Å². The number of hydrogen-bond donors (Lipinski definition) is 0. The molecule has 1 saturated heterocycles. The maximum atomic E-state index is 12.9. The topological polar surface area (TPSA) is 42.4 Å². The van der Waals surface area contributed by atoms with E-state index in [1.165, 1.54) is 5.56 Å². The molecule has 2 atom stereocenters. The third kappa shape index (κ3) is 3.39. The highest BCUT2D eigenvalue weighted by molar-refractivity contribution is 8.01. The molecule has 1 aliphatic heterocycles. The largest absolute Gasteiger partial charge is 0.494 e. The zero-order valence-corrected chi connectivity index (χ0v) is 16.5. The Morgan fingerprint density at radius 1 is 1.11 bits per heavy atom. The van der Waals surface area contributed by atoms with Gasteiger partial charge >= 0.3 is 0 Å². The summed E-state index contributed by atoms with van der Waals surface area (Å²) < 4.78 is 5.52. The van der Waals surface area contributed by atoms with Gasteiger partial charge in [0, 0.05) is 11.1 Å². The molecule has 0 aliphatic carbocycles. The molecule has 2 aromatic carbocycles. The van der Waals surface area contributed by atoms with Gasteiger partial charge in [-0.2, -0.15) is 0 Å². The average Bonchev–Trinajstić information content (AvgIpc) is 2.97. The molecule has 5 heteroatoms. The van der Waals surface area contributed by atoms with Gasteiger partial charge in [-0.25, -0.2) is 4.98 Å². The second kappa shape index (κ2) is 7.24. The Bertz CT molecular complexity index is 987. The molecule has 1 aliphatic rings. The number of rotatable bonds is 4. The second-order valence-corrected chi connectivity index (χ2v) is 8.12. The molecule has 0 spiro atoms. The van der Waals surface area contributed by atoms with Gasteiger partial charge in [-0.3, -0.25) is 9.69 Å². The number of thioether (sulfide) groups is 1. The highest BCUT2D eigenvalue weighted by atomic mass is 32.2. The molecule has 0 saturated carbocycles. The number of fused-ring (bicyclic) bond motifs is 1. The fourth-order valence-electron chi connectivity index (χ4n) is 3.36. The molecule has 1 aromatic heterocycles. The molecule has 2 heterocycles. The smallest absolute Gasteiger partial charge is 0.241 e. The number of anilines is 1. The predicted molar refractivity (Wildman–Crippen MR) is 111 cm³/mol. The van der Waals surface area contributed by atoms with Crippen LogP contribution in [0.5, 0.6) is 5.75 Å².